The predicted molar refractivity (Wildman–Crippen MR) is 76.8 cm³/mol. The van der Waals surface area contributed by atoms with Gasteiger partial charge in [-0.3, -0.25) is 9.36 Å². The van der Waals surface area contributed by atoms with Gasteiger partial charge in [-0.1, -0.05) is 12.1 Å². The van der Waals surface area contributed by atoms with Crippen LogP contribution in [0.2, 0.25) is 0 Å². The van der Waals surface area contributed by atoms with Gasteiger partial charge in [0.15, 0.2) is 0 Å². The van der Waals surface area contributed by atoms with Gasteiger partial charge in [0.2, 0.25) is 0 Å². The van der Waals surface area contributed by atoms with Crippen LogP contribution in [-0.2, 0) is 10.6 Å². The van der Waals surface area contributed by atoms with Gasteiger partial charge in [-0.05, 0) is 26.0 Å². The molecule has 5 heteroatoms. The van der Waals surface area contributed by atoms with Crippen LogP contribution < -0.4 is 5.56 Å². The van der Waals surface area contributed by atoms with Gasteiger partial charge in [0.1, 0.15) is 5.82 Å². The molecular weight excluding hydrogens is 264 g/mol. The van der Waals surface area contributed by atoms with Crippen molar-refractivity contribution in [1.82, 2.24) is 9.55 Å². The van der Waals surface area contributed by atoms with Gasteiger partial charge in [0.25, 0.3) is 5.56 Å². The van der Waals surface area contributed by atoms with Crippen LogP contribution in [-0.4, -0.2) is 22.8 Å². The molecule has 19 heavy (non-hydrogen) atoms. The van der Waals surface area contributed by atoms with Crippen molar-refractivity contribution in [2.24, 2.45) is 0 Å². The molecule has 0 saturated carbocycles. The highest BCUT2D eigenvalue weighted by Crippen LogP contribution is 2.13. The molecule has 2 aromatic rings. The van der Waals surface area contributed by atoms with Crippen molar-refractivity contribution in [1.29, 1.82) is 0 Å². The number of fused-ring (bicyclic) bond motifs is 1. The smallest absolute Gasteiger partial charge is 0.261 e. The van der Waals surface area contributed by atoms with Crippen LogP contribution in [0, 0.1) is 0 Å². The van der Waals surface area contributed by atoms with E-state index in [9.17, 15) is 4.79 Å². The lowest BCUT2D eigenvalue weighted by atomic mass is 10.2. The monoisotopic (exact) mass is 280 g/mol. The van der Waals surface area contributed by atoms with E-state index in [1.54, 1.807) is 10.6 Å². The average Bonchev–Trinajstić information content (AvgIpc) is 2.44. The Labute approximate surface area is 117 Å². The predicted octanol–water partition coefficient (Wildman–Crippen LogP) is 2.73. The first kappa shape index (κ1) is 14.0. The van der Waals surface area contributed by atoms with E-state index in [0.717, 1.165) is 0 Å². The maximum atomic E-state index is 12.5. The number of hydrogen-bond acceptors (Lipinski definition) is 3. The van der Waals surface area contributed by atoms with Crippen molar-refractivity contribution in [3.63, 3.8) is 0 Å². The second-order valence-corrected chi connectivity index (χ2v) is 4.63. The number of halogens is 1. The summed E-state index contributed by atoms with van der Waals surface area (Å²) in [5.74, 6) is 0.786. The first-order valence-corrected chi connectivity index (χ1v) is 6.86. The van der Waals surface area contributed by atoms with Gasteiger partial charge >= 0.3 is 0 Å². The number of para-hydroxylation sites is 1. The number of nitrogens with zero attached hydrogens (tertiary/aromatic N) is 2. The van der Waals surface area contributed by atoms with E-state index >= 15 is 0 Å². The Morgan fingerprint density at radius 3 is 2.84 bits per heavy atom. The van der Waals surface area contributed by atoms with Crippen LogP contribution in [0.15, 0.2) is 29.1 Å². The Kier molecular flexibility index (Phi) is 4.56. The fraction of sp³-hybridized carbons (Fsp3) is 0.429. The van der Waals surface area contributed by atoms with Gasteiger partial charge in [-0.2, -0.15) is 0 Å². The molecule has 2 rings (SSSR count). The van der Waals surface area contributed by atoms with Crippen molar-refractivity contribution >= 4 is 22.5 Å². The Hall–Kier alpha value is -1.39. The Morgan fingerprint density at radius 1 is 1.42 bits per heavy atom. The molecule has 1 atom stereocenters. The molecule has 102 valence electrons. The molecule has 0 spiro atoms. The van der Waals surface area contributed by atoms with E-state index in [1.165, 1.54) is 0 Å². The molecule has 1 heterocycles. The highest BCUT2D eigenvalue weighted by atomic mass is 35.5. The van der Waals surface area contributed by atoms with Crippen LogP contribution >= 0.6 is 11.6 Å². The zero-order valence-electron chi connectivity index (χ0n) is 11.1. The third-order valence-electron chi connectivity index (χ3n) is 3.00. The summed E-state index contributed by atoms with van der Waals surface area (Å²) in [4.78, 5) is 17.0. The topological polar surface area (TPSA) is 44.1 Å². The number of ether oxygens (including phenoxy) is 1. The summed E-state index contributed by atoms with van der Waals surface area (Å²) < 4.78 is 7.02. The minimum Gasteiger partial charge on any atom is -0.380 e. The third-order valence-corrected chi connectivity index (χ3v) is 3.24. The summed E-state index contributed by atoms with van der Waals surface area (Å²) >= 11 is 5.92. The van der Waals surface area contributed by atoms with Crippen LogP contribution in [0.3, 0.4) is 0 Å². The summed E-state index contributed by atoms with van der Waals surface area (Å²) in [5, 5.41) is 0.611. The van der Waals surface area contributed by atoms with E-state index in [0.29, 0.717) is 29.9 Å². The SMILES string of the molecule is CCOCC(C)n1c(CCl)nc2ccccc2c1=O. The lowest BCUT2D eigenvalue weighted by Gasteiger charge is -2.18. The zero-order valence-corrected chi connectivity index (χ0v) is 11.9. The fourth-order valence-corrected chi connectivity index (χ4v) is 2.29. The summed E-state index contributed by atoms with van der Waals surface area (Å²) in [5.41, 5.74) is 0.622. The molecule has 0 N–H and O–H groups in total. The molecule has 1 aromatic carbocycles. The number of aromatic nitrogens is 2. The molecule has 0 bridgehead atoms. The van der Waals surface area contributed by atoms with E-state index in [2.05, 4.69) is 4.98 Å². The van der Waals surface area contributed by atoms with Crippen molar-refractivity contribution in [2.45, 2.75) is 25.8 Å². The van der Waals surface area contributed by atoms with E-state index in [-0.39, 0.29) is 17.5 Å². The highest BCUT2D eigenvalue weighted by Gasteiger charge is 2.15. The van der Waals surface area contributed by atoms with Gasteiger partial charge in [-0.15, -0.1) is 11.6 Å². The molecular formula is C14H17ClN2O2. The Balaban J connectivity index is 2.58. The fourth-order valence-electron chi connectivity index (χ4n) is 2.10. The van der Waals surface area contributed by atoms with Gasteiger partial charge in [0.05, 0.1) is 29.4 Å². The summed E-state index contributed by atoms with van der Waals surface area (Å²) in [6.45, 7) is 4.96. The first-order chi connectivity index (χ1) is 9.19. The Bertz CT molecular complexity index is 624. The summed E-state index contributed by atoms with van der Waals surface area (Å²) in [6, 6.07) is 7.22. The van der Waals surface area contributed by atoms with Crippen LogP contribution in [0.4, 0.5) is 0 Å². The normalized spacial score (nSPS) is 12.8. The molecule has 1 aromatic heterocycles. The molecule has 0 fully saturated rings. The lowest BCUT2D eigenvalue weighted by molar-refractivity contribution is 0.117. The number of rotatable bonds is 5. The minimum absolute atomic E-state index is 0.0616. The summed E-state index contributed by atoms with van der Waals surface area (Å²) in [6.07, 6.45) is 0. The highest BCUT2D eigenvalue weighted by molar-refractivity contribution is 6.16. The first-order valence-electron chi connectivity index (χ1n) is 6.32. The average molecular weight is 281 g/mol. The van der Waals surface area contributed by atoms with Gasteiger partial charge in [0, 0.05) is 6.61 Å². The van der Waals surface area contributed by atoms with Crippen molar-refractivity contribution in [2.75, 3.05) is 13.2 Å². The standard InChI is InChI=1S/C14H17ClN2O2/c1-3-19-9-10(2)17-13(8-15)16-12-7-5-4-6-11(12)14(17)18/h4-7,10H,3,8-9H2,1-2H3. The molecule has 4 nitrogen and oxygen atoms in total. The largest absolute Gasteiger partial charge is 0.380 e. The second-order valence-electron chi connectivity index (χ2n) is 4.36. The van der Waals surface area contributed by atoms with E-state index < -0.39 is 0 Å². The molecule has 1 unspecified atom stereocenters. The lowest BCUT2D eigenvalue weighted by Crippen LogP contribution is -2.30. The maximum absolute atomic E-state index is 12.5. The van der Waals surface area contributed by atoms with E-state index in [1.807, 2.05) is 32.0 Å². The van der Waals surface area contributed by atoms with Crippen LogP contribution in [0.1, 0.15) is 25.7 Å². The second kappa shape index (κ2) is 6.17. The molecule has 0 saturated heterocycles. The molecule has 0 radical (unpaired) electrons. The zero-order chi connectivity index (χ0) is 13.8. The molecule has 0 aliphatic carbocycles. The molecule has 0 amide bonds. The van der Waals surface area contributed by atoms with Crippen molar-refractivity contribution < 1.29 is 4.74 Å². The molecule has 0 aliphatic rings. The van der Waals surface area contributed by atoms with Gasteiger partial charge in [-0.25, -0.2) is 4.98 Å². The van der Waals surface area contributed by atoms with Crippen molar-refractivity contribution in [3.05, 3.63) is 40.4 Å². The number of hydrogen-bond donors (Lipinski definition) is 0. The van der Waals surface area contributed by atoms with Crippen LogP contribution in [0.25, 0.3) is 10.9 Å². The number of benzene rings is 1. The van der Waals surface area contributed by atoms with Gasteiger partial charge < -0.3 is 4.74 Å². The molecule has 0 aliphatic heterocycles. The number of alkyl halides is 1. The minimum atomic E-state index is -0.0849. The quantitative estimate of drug-likeness (QED) is 0.791. The maximum Gasteiger partial charge on any atom is 0.261 e. The van der Waals surface area contributed by atoms with Crippen LogP contribution in [0.5, 0.6) is 0 Å². The van der Waals surface area contributed by atoms with E-state index in [4.69, 9.17) is 16.3 Å². The summed E-state index contributed by atoms with van der Waals surface area (Å²) in [7, 11) is 0. The third kappa shape index (κ3) is 2.80. The van der Waals surface area contributed by atoms with Crippen molar-refractivity contribution in [3.8, 4) is 0 Å². The Morgan fingerprint density at radius 2 is 2.16 bits per heavy atom.